The average molecular weight is 287 g/mol. The fraction of sp³-hybridized carbons (Fsp3) is 0.412. The van der Waals surface area contributed by atoms with Crippen molar-refractivity contribution in [2.45, 2.75) is 25.8 Å². The van der Waals surface area contributed by atoms with Crippen LogP contribution in [0.25, 0.3) is 10.8 Å². The summed E-state index contributed by atoms with van der Waals surface area (Å²) in [6.07, 6.45) is 2.14. The summed E-state index contributed by atoms with van der Waals surface area (Å²) in [7, 11) is 0.805. The molecule has 20 heavy (non-hydrogen) atoms. The molecule has 0 aromatic heterocycles. The van der Waals surface area contributed by atoms with E-state index < -0.39 is 9.04 Å². The Bertz CT molecular complexity index is 522. The predicted octanol–water partition coefficient (Wildman–Crippen LogP) is 3.50. The topological polar surface area (TPSA) is 18.5 Å². The third-order valence-electron chi connectivity index (χ3n) is 3.34. The van der Waals surface area contributed by atoms with Gasteiger partial charge in [-0.1, -0.05) is 55.8 Å². The van der Waals surface area contributed by atoms with Crippen molar-refractivity contribution in [3.63, 3.8) is 0 Å². The lowest BCUT2D eigenvalue weighted by Crippen LogP contribution is -2.34. The van der Waals surface area contributed by atoms with Crippen LogP contribution < -0.4 is 5.19 Å². The Morgan fingerprint density at radius 1 is 1.00 bits per heavy atom. The highest BCUT2D eigenvalue weighted by Gasteiger charge is 2.17. The van der Waals surface area contributed by atoms with Crippen LogP contribution in [-0.2, 0) is 9.16 Å². The van der Waals surface area contributed by atoms with Crippen molar-refractivity contribution in [1.82, 2.24) is 0 Å². The van der Waals surface area contributed by atoms with Crippen molar-refractivity contribution in [3.05, 3.63) is 42.5 Å². The van der Waals surface area contributed by atoms with Gasteiger partial charge in [0, 0.05) is 20.3 Å². The van der Waals surface area contributed by atoms with Crippen molar-refractivity contribution in [2.24, 2.45) is 0 Å². The molecule has 0 saturated carbocycles. The van der Waals surface area contributed by atoms with E-state index in [0.717, 1.165) is 25.7 Å². The van der Waals surface area contributed by atoms with Crippen LogP contribution in [0.2, 0.25) is 6.04 Å². The van der Waals surface area contributed by atoms with Gasteiger partial charge in [0.2, 0.25) is 9.04 Å². The first-order chi connectivity index (χ1) is 9.86. The van der Waals surface area contributed by atoms with Gasteiger partial charge in [-0.15, -0.1) is 0 Å². The molecule has 0 heterocycles. The Morgan fingerprint density at radius 2 is 1.80 bits per heavy atom. The van der Waals surface area contributed by atoms with Crippen molar-refractivity contribution < 1.29 is 9.16 Å². The van der Waals surface area contributed by atoms with Crippen LogP contribution >= 0.6 is 0 Å². The molecule has 0 spiro atoms. The second kappa shape index (κ2) is 8.20. The standard InChI is InChI=1S/C17H23O2Si/c1-3-14-20(19-13-7-12-18-2)17-11-6-9-15-8-4-5-10-16(15)17/h4-6,8-11H,3,7,12-14H2,1-2H3. The molecule has 0 N–H and O–H groups in total. The summed E-state index contributed by atoms with van der Waals surface area (Å²) in [5, 5.41) is 4.07. The number of methoxy groups -OCH3 is 1. The van der Waals surface area contributed by atoms with Gasteiger partial charge < -0.3 is 9.16 Å². The lowest BCUT2D eigenvalue weighted by Gasteiger charge is -2.17. The van der Waals surface area contributed by atoms with Gasteiger partial charge in [0.15, 0.2) is 0 Å². The predicted molar refractivity (Wildman–Crippen MR) is 86.9 cm³/mol. The van der Waals surface area contributed by atoms with E-state index in [1.165, 1.54) is 22.4 Å². The van der Waals surface area contributed by atoms with E-state index in [4.69, 9.17) is 9.16 Å². The Hall–Kier alpha value is -1.16. The third kappa shape index (κ3) is 3.92. The van der Waals surface area contributed by atoms with Gasteiger partial charge in [0.1, 0.15) is 0 Å². The highest BCUT2D eigenvalue weighted by atomic mass is 28.3. The van der Waals surface area contributed by atoms with E-state index in [9.17, 15) is 0 Å². The molecule has 0 fully saturated rings. The van der Waals surface area contributed by atoms with Crippen molar-refractivity contribution in [3.8, 4) is 0 Å². The number of hydrogen-bond acceptors (Lipinski definition) is 2. The molecule has 0 bridgehead atoms. The molecule has 0 amide bonds. The van der Waals surface area contributed by atoms with Crippen LogP contribution in [0.15, 0.2) is 42.5 Å². The van der Waals surface area contributed by atoms with Gasteiger partial charge >= 0.3 is 0 Å². The molecule has 2 aromatic carbocycles. The van der Waals surface area contributed by atoms with Gasteiger partial charge in [-0.2, -0.15) is 0 Å². The average Bonchev–Trinajstić information content (AvgIpc) is 2.50. The lowest BCUT2D eigenvalue weighted by atomic mass is 10.1. The zero-order valence-corrected chi connectivity index (χ0v) is 13.4. The van der Waals surface area contributed by atoms with Crippen molar-refractivity contribution in [2.75, 3.05) is 20.3 Å². The van der Waals surface area contributed by atoms with E-state index in [1.807, 2.05) is 0 Å². The second-order valence-corrected chi connectivity index (χ2v) is 7.07. The van der Waals surface area contributed by atoms with E-state index in [-0.39, 0.29) is 0 Å². The zero-order valence-electron chi connectivity index (χ0n) is 12.4. The van der Waals surface area contributed by atoms with E-state index in [1.54, 1.807) is 7.11 Å². The molecule has 107 valence electrons. The van der Waals surface area contributed by atoms with E-state index in [2.05, 4.69) is 49.4 Å². The minimum atomic E-state index is -0.934. The third-order valence-corrected chi connectivity index (χ3v) is 5.88. The molecule has 0 aliphatic heterocycles. The molecule has 1 radical (unpaired) electrons. The van der Waals surface area contributed by atoms with Gasteiger partial charge in [-0.05, 0) is 28.4 Å². The summed E-state index contributed by atoms with van der Waals surface area (Å²) in [4.78, 5) is 0. The summed E-state index contributed by atoms with van der Waals surface area (Å²) in [5.41, 5.74) is 0. The Labute approximate surface area is 123 Å². The monoisotopic (exact) mass is 287 g/mol. The molecule has 0 saturated heterocycles. The molecule has 3 heteroatoms. The summed E-state index contributed by atoms with van der Waals surface area (Å²) in [6.45, 7) is 3.80. The number of benzene rings is 2. The molecule has 2 rings (SSSR count). The van der Waals surface area contributed by atoms with Gasteiger partial charge in [0.05, 0.1) is 0 Å². The SMILES string of the molecule is CCC[Si](OCCCOC)c1cccc2ccccc12. The number of fused-ring (bicyclic) bond motifs is 1. The van der Waals surface area contributed by atoms with Crippen LogP contribution in [-0.4, -0.2) is 29.4 Å². The maximum Gasteiger partial charge on any atom is 0.247 e. The highest BCUT2D eigenvalue weighted by molar-refractivity contribution is 6.70. The summed E-state index contributed by atoms with van der Waals surface area (Å²) in [5.74, 6) is 0. The largest absolute Gasteiger partial charge is 0.412 e. The van der Waals surface area contributed by atoms with Gasteiger partial charge in [-0.3, -0.25) is 0 Å². The Balaban J connectivity index is 2.18. The summed E-state index contributed by atoms with van der Waals surface area (Å²) in [6, 6.07) is 16.3. The maximum absolute atomic E-state index is 6.20. The molecule has 0 aliphatic carbocycles. The fourth-order valence-electron chi connectivity index (χ4n) is 2.38. The molecular weight excluding hydrogens is 264 g/mol. The smallest absolute Gasteiger partial charge is 0.247 e. The zero-order chi connectivity index (χ0) is 14.2. The first-order valence-electron chi connectivity index (χ1n) is 7.32. The summed E-state index contributed by atoms with van der Waals surface area (Å²) >= 11 is 0. The van der Waals surface area contributed by atoms with Crippen LogP contribution in [0, 0.1) is 0 Å². The first kappa shape index (κ1) is 15.2. The molecule has 2 nitrogen and oxygen atoms in total. The quantitative estimate of drug-likeness (QED) is 0.546. The van der Waals surface area contributed by atoms with E-state index >= 15 is 0 Å². The molecular formula is C17H23O2Si. The van der Waals surface area contributed by atoms with Crippen LogP contribution in [0.1, 0.15) is 19.8 Å². The first-order valence-corrected chi connectivity index (χ1v) is 8.94. The number of rotatable bonds is 8. The molecule has 0 unspecified atom stereocenters. The van der Waals surface area contributed by atoms with E-state index in [0.29, 0.717) is 0 Å². The number of ether oxygens (including phenoxy) is 1. The van der Waals surface area contributed by atoms with Gasteiger partial charge in [-0.25, -0.2) is 0 Å². The fourth-order valence-corrected chi connectivity index (χ4v) is 4.60. The minimum absolute atomic E-state index is 0.775. The minimum Gasteiger partial charge on any atom is -0.412 e. The Morgan fingerprint density at radius 3 is 2.60 bits per heavy atom. The Kier molecular flexibility index (Phi) is 6.24. The molecule has 0 aliphatic rings. The maximum atomic E-state index is 6.20. The summed E-state index contributed by atoms with van der Waals surface area (Å²) < 4.78 is 11.3. The number of hydrogen-bond donors (Lipinski definition) is 0. The van der Waals surface area contributed by atoms with Crippen LogP contribution in [0.3, 0.4) is 0 Å². The molecule has 0 atom stereocenters. The lowest BCUT2D eigenvalue weighted by molar-refractivity contribution is 0.172. The normalized spacial score (nSPS) is 11.3. The van der Waals surface area contributed by atoms with Crippen LogP contribution in [0.4, 0.5) is 0 Å². The highest BCUT2D eigenvalue weighted by Crippen LogP contribution is 2.14. The van der Waals surface area contributed by atoms with Crippen molar-refractivity contribution >= 4 is 25.0 Å². The van der Waals surface area contributed by atoms with Crippen LogP contribution in [0.5, 0.6) is 0 Å². The molecule has 2 aromatic rings. The second-order valence-electron chi connectivity index (χ2n) is 4.89. The van der Waals surface area contributed by atoms with Crippen molar-refractivity contribution in [1.29, 1.82) is 0 Å². The van der Waals surface area contributed by atoms with Gasteiger partial charge in [0.25, 0.3) is 0 Å².